The first-order valence-corrected chi connectivity index (χ1v) is 11.5. The molecule has 2 fully saturated rings. The minimum Gasteiger partial charge on any atom is -0.493 e. The van der Waals surface area contributed by atoms with Crippen LogP contribution in [0.15, 0.2) is 53.4 Å². The second kappa shape index (κ2) is 9.66. The van der Waals surface area contributed by atoms with Crippen molar-refractivity contribution in [2.24, 2.45) is 0 Å². The van der Waals surface area contributed by atoms with Crippen molar-refractivity contribution in [2.45, 2.75) is 38.1 Å². The Hall–Kier alpha value is -2.64. The predicted octanol–water partition coefficient (Wildman–Crippen LogP) is 5.45. The molecule has 4 rings (SSSR count). The summed E-state index contributed by atoms with van der Waals surface area (Å²) in [5, 5.41) is 0. The molecule has 0 N–H and O–H groups in total. The zero-order chi connectivity index (χ0) is 21.8. The Labute approximate surface area is 191 Å². The van der Waals surface area contributed by atoms with Gasteiger partial charge in [0.2, 0.25) is 0 Å². The third-order valence-electron chi connectivity index (χ3n) is 5.46. The van der Waals surface area contributed by atoms with Crippen LogP contribution in [0.3, 0.4) is 0 Å². The van der Waals surface area contributed by atoms with Crippen LogP contribution in [0.2, 0.25) is 0 Å². The molecule has 5 nitrogen and oxygen atoms in total. The third kappa shape index (κ3) is 4.83. The van der Waals surface area contributed by atoms with E-state index >= 15 is 0 Å². The van der Waals surface area contributed by atoms with E-state index in [0.29, 0.717) is 26.3 Å². The van der Waals surface area contributed by atoms with Gasteiger partial charge in [0.25, 0.3) is 5.91 Å². The van der Waals surface area contributed by atoms with E-state index < -0.39 is 5.97 Å². The Morgan fingerprint density at radius 2 is 1.84 bits per heavy atom. The number of hydrogen-bond acceptors (Lipinski definition) is 6. The summed E-state index contributed by atoms with van der Waals surface area (Å²) >= 11 is 6.84. The molecule has 2 aromatic rings. The van der Waals surface area contributed by atoms with Gasteiger partial charge >= 0.3 is 5.97 Å². The van der Waals surface area contributed by atoms with Gasteiger partial charge in [-0.2, -0.15) is 0 Å². The van der Waals surface area contributed by atoms with E-state index in [2.05, 4.69) is 0 Å². The summed E-state index contributed by atoms with van der Waals surface area (Å²) in [4.78, 5) is 27.7. The second-order valence-corrected chi connectivity index (χ2v) is 9.19. The highest BCUT2D eigenvalue weighted by molar-refractivity contribution is 8.26. The summed E-state index contributed by atoms with van der Waals surface area (Å²) < 4.78 is 11.5. The van der Waals surface area contributed by atoms with Gasteiger partial charge in [-0.3, -0.25) is 9.69 Å². The molecule has 1 aliphatic heterocycles. The van der Waals surface area contributed by atoms with Crippen molar-refractivity contribution in [2.75, 3.05) is 7.11 Å². The zero-order valence-corrected chi connectivity index (χ0v) is 18.8. The van der Waals surface area contributed by atoms with Gasteiger partial charge in [0.15, 0.2) is 11.5 Å². The van der Waals surface area contributed by atoms with Gasteiger partial charge in [-0.15, -0.1) is 0 Å². The number of thiocarbonyl (C=S) groups is 1. The summed E-state index contributed by atoms with van der Waals surface area (Å²) in [6, 6.07) is 14.2. The quantitative estimate of drug-likeness (QED) is 0.260. The second-order valence-electron chi connectivity index (χ2n) is 7.51. The molecule has 2 aliphatic rings. The largest absolute Gasteiger partial charge is 0.493 e. The molecule has 1 saturated heterocycles. The number of rotatable bonds is 5. The number of thioether (sulfide) groups is 1. The molecular weight excluding hydrogens is 430 g/mol. The fraction of sp³-hybridized carbons (Fsp3) is 0.292. The van der Waals surface area contributed by atoms with Gasteiger partial charge in [0.1, 0.15) is 4.32 Å². The number of carbonyl (C=O) groups is 2. The van der Waals surface area contributed by atoms with Gasteiger partial charge in [0.05, 0.1) is 17.6 Å². The Bertz CT molecular complexity index is 1030. The summed E-state index contributed by atoms with van der Waals surface area (Å²) in [5.74, 6) is 0.254. The van der Waals surface area contributed by atoms with E-state index in [4.69, 9.17) is 21.7 Å². The summed E-state index contributed by atoms with van der Waals surface area (Å²) in [7, 11) is 1.52. The number of carbonyl (C=O) groups excluding carboxylic acids is 2. The van der Waals surface area contributed by atoms with E-state index in [0.717, 1.165) is 31.2 Å². The predicted molar refractivity (Wildman–Crippen MR) is 126 cm³/mol. The molecular formula is C24H23NO4S2. The van der Waals surface area contributed by atoms with Crippen LogP contribution in [-0.4, -0.2) is 34.2 Å². The van der Waals surface area contributed by atoms with E-state index in [-0.39, 0.29) is 11.9 Å². The Kier molecular flexibility index (Phi) is 6.73. The molecule has 1 amide bonds. The number of hydrogen-bond donors (Lipinski definition) is 0. The highest BCUT2D eigenvalue weighted by Crippen LogP contribution is 2.38. The standard InChI is InChI=1S/C24H23NO4S2/c1-28-20-14-16(12-13-19(20)29-23(27)17-8-4-2-5-9-17)15-21-22(26)25(24(30)31-21)18-10-6-3-7-11-18/h2,4-5,8-9,12-15,18H,3,6-7,10-11H2,1H3/b21-15-. The molecule has 0 aromatic heterocycles. The molecule has 0 bridgehead atoms. The molecule has 0 radical (unpaired) electrons. The molecule has 0 atom stereocenters. The van der Waals surface area contributed by atoms with E-state index in [1.165, 1.54) is 25.3 Å². The molecule has 0 unspecified atom stereocenters. The van der Waals surface area contributed by atoms with Gasteiger partial charge in [0, 0.05) is 6.04 Å². The van der Waals surface area contributed by atoms with Crippen LogP contribution in [0.25, 0.3) is 6.08 Å². The summed E-state index contributed by atoms with van der Waals surface area (Å²) in [6.45, 7) is 0. The highest BCUT2D eigenvalue weighted by atomic mass is 32.2. The Balaban J connectivity index is 1.52. The van der Waals surface area contributed by atoms with Crippen LogP contribution in [0.4, 0.5) is 0 Å². The van der Waals surface area contributed by atoms with Crippen LogP contribution in [0, 0.1) is 0 Å². The zero-order valence-electron chi connectivity index (χ0n) is 17.2. The van der Waals surface area contributed by atoms with Crippen molar-refractivity contribution in [3.8, 4) is 11.5 Å². The van der Waals surface area contributed by atoms with Crippen molar-refractivity contribution in [3.63, 3.8) is 0 Å². The van der Waals surface area contributed by atoms with Gasteiger partial charge < -0.3 is 9.47 Å². The first-order chi connectivity index (χ1) is 15.1. The normalized spacial score (nSPS) is 18.5. The minimum absolute atomic E-state index is 0.0274. The maximum atomic E-state index is 13.0. The topological polar surface area (TPSA) is 55.8 Å². The number of esters is 1. The van der Waals surface area contributed by atoms with Crippen molar-refractivity contribution < 1.29 is 19.1 Å². The lowest BCUT2D eigenvalue weighted by Gasteiger charge is -2.29. The lowest BCUT2D eigenvalue weighted by atomic mass is 9.94. The number of methoxy groups -OCH3 is 1. The first kappa shape index (κ1) is 21.6. The van der Waals surface area contributed by atoms with Gasteiger partial charge in [-0.05, 0) is 48.7 Å². The van der Waals surface area contributed by atoms with Crippen LogP contribution >= 0.6 is 24.0 Å². The SMILES string of the molecule is COc1cc(/C=C2\SC(=S)N(C3CCCCC3)C2=O)ccc1OC(=O)c1ccccc1. The third-order valence-corrected chi connectivity index (χ3v) is 6.79. The van der Waals surface area contributed by atoms with E-state index in [9.17, 15) is 9.59 Å². The molecule has 7 heteroatoms. The van der Waals surface area contributed by atoms with Crippen LogP contribution in [-0.2, 0) is 4.79 Å². The smallest absolute Gasteiger partial charge is 0.343 e. The van der Waals surface area contributed by atoms with Gasteiger partial charge in [-0.25, -0.2) is 4.79 Å². The monoisotopic (exact) mass is 453 g/mol. The molecule has 31 heavy (non-hydrogen) atoms. The Morgan fingerprint density at radius 3 is 2.55 bits per heavy atom. The van der Waals surface area contributed by atoms with E-state index in [1.807, 2.05) is 12.1 Å². The Morgan fingerprint density at radius 1 is 1.10 bits per heavy atom. The fourth-order valence-electron chi connectivity index (χ4n) is 3.88. The highest BCUT2D eigenvalue weighted by Gasteiger charge is 2.37. The number of benzene rings is 2. The average Bonchev–Trinajstić information content (AvgIpc) is 3.08. The fourth-order valence-corrected chi connectivity index (χ4v) is 5.28. The van der Waals surface area contributed by atoms with Crippen LogP contribution in [0.1, 0.15) is 48.0 Å². The molecule has 1 saturated carbocycles. The van der Waals surface area contributed by atoms with Crippen LogP contribution < -0.4 is 9.47 Å². The number of amides is 1. The molecule has 1 heterocycles. The number of ether oxygens (including phenoxy) is 2. The summed E-state index contributed by atoms with van der Waals surface area (Å²) in [6.07, 6.45) is 7.34. The average molecular weight is 454 g/mol. The lowest BCUT2D eigenvalue weighted by Crippen LogP contribution is -2.39. The van der Waals surface area contributed by atoms with Crippen molar-refractivity contribution in [1.82, 2.24) is 4.90 Å². The van der Waals surface area contributed by atoms with E-state index in [1.54, 1.807) is 47.4 Å². The van der Waals surface area contributed by atoms with Crippen molar-refractivity contribution >= 4 is 46.3 Å². The summed E-state index contributed by atoms with van der Waals surface area (Å²) in [5.41, 5.74) is 1.24. The molecule has 160 valence electrons. The minimum atomic E-state index is -0.458. The molecule has 1 aliphatic carbocycles. The van der Waals surface area contributed by atoms with Crippen molar-refractivity contribution in [3.05, 3.63) is 64.6 Å². The molecule has 2 aromatic carbocycles. The van der Waals surface area contributed by atoms with Crippen molar-refractivity contribution in [1.29, 1.82) is 0 Å². The maximum Gasteiger partial charge on any atom is 0.343 e. The first-order valence-electron chi connectivity index (χ1n) is 10.3. The maximum absolute atomic E-state index is 13.0. The van der Waals surface area contributed by atoms with Gasteiger partial charge in [-0.1, -0.05) is 67.5 Å². The number of nitrogens with zero attached hydrogens (tertiary/aromatic N) is 1. The molecule has 0 spiro atoms. The lowest BCUT2D eigenvalue weighted by molar-refractivity contribution is -0.124. The van der Waals surface area contributed by atoms with Crippen LogP contribution in [0.5, 0.6) is 11.5 Å².